The Morgan fingerprint density at radius 1 is 1.47 bits per heavy atom. The molecular weight excluding hydrogens is 214 g/mol. The minimum atomic E-state index is -0.565. The first kappa shape index (κ1) is 11.8. The van der Waals surface area contributed by atoms with E-state index in [2.05, 4.69) is 0 Å². The van der Waals surface area contributed by atoms with Crippen molar-refractivity contribution in [2.45, 2.75) is 26.1 Å². The third-order valence-electron chi connectivity index (χ3n) is 1.92. The van der Waals surface area contributed by atoms with Crippen LogP contribution in [0, 0.1) is 11.3 Å². The molecule has 1 aromatic rings. The Kier molecular flexibility index (Phi) is 3.96. The fourth-order valence-electron chi connectivity index (χ4n) is 1.09. The lowest BCUT2D eigenvalue weighted by Crippen LogP contribution is -2.08. The van der Waals surface area contributed by atoms with E-state index in [1.807, 2.05) is 6.07 Å². The van der Waals surface area contributed by atoms with Gasteiger partial charge in [0.15, 0.2) is 6.10 Å². The normalized spacial score (nSPS) is 14.1. The number of ether oxygens (including phenoxy) is 1. The van der Waals surface area contributed by atoms with Gasteiger partial charge in [0.2, 0.25) is 0 Å². The molecule has 4 heteroatoms. The van der Waals surface area contributed by atoms with Crippen LogP contribution >= 0.6 is 11.6 Å². The van der Waals surface area contributed by atoms with Gasteiger partial charge in [-0.1, -0.05) is 17.7 Å². The fourth-order valence-corrected chi connectivity index (χ4v) is 1.32. The first-order valence-corrected chi connectivity index (χ1v) is 4.96. The maximum absolute atomic E-state index is 9.32. The second kappa shape index (κ2) is 5.01. The lowest BCUT2D eigenvalue weighted by Gasteiger charge is -2.11. The van der Waals surface area contributed by atoms with Gasteiger partial charge in [-0.05, 0) is 31.5 Å². The topological polar surface area (TPSA) is 53.2 Å². The van der Waals surface area contributed by atoms with Gasteiger partial charge in [-0.2, -0.15) is 5.26 Å². The zero-order valence-corrected chi connectivity index (χ0v) is 9.32. The van der Waals surface area contributed by atoms with Crippen LogP contribution < -0.4 is 4.74 Å². The Bertz CT molecular complexity index is 385. The molecule has 0 aromatic heterocycles. The molecule has 0 bridgehead atoms. The number of hydrogen-bond donors (Lipinski definition) is 1. The minimum absolute atomic E-state index is 0.399. The summed E-state index contributed by atoms with van der Waals surface area (Å²) in [7, 11) is 0. The summed E-state index contributed by atoms with van der Waals surface area (Å²) in [6, 6.07) is 6.95. The molecule has 0 amide bonds. The number of aliphatic hydroxyl groups excluding tert-OH is 1. The van der Waals surface area contributed by atoms with Gasteiger partial charge in [-0.3, -0.25) is 0 Å². The Labute approximate surface area is 93.9 Å². The van der Waals surface area contributed by atoms with Crippen molar-refractivity contribution in [1.29, 1.82) is 5.26 Å². The Morgan fingerprint density at radius 3 is 2.60 bits per heavy atom. The third-order valence-corrected chi connectivity index (χ3v) is 2.22. The van der Waals surface area contributed by atoms with E-state index in [9.17, 15) is 5.11 Å². The standard InChI is InChI=1S/C11H12ClNO2/c1-7(6-13)15-11-4-3-9(8(2)14)5-10(11)12/h3-5,7-8,14H,1-2H3. The zero-order chi connectivity index (χ0) is 11.4. The van der Waals surface area contributed by atoms with E-state index >= 15 is 0 Å². The summed E-state index contributed by atoms with van der Waals surface area (Å²) >= 11 is 5.93. The first-order valence-electron chi connectivity index (χ1n) is 4.58. The predicted octanol–water partition coefficient (Wildman–Crippen LogP) is 2.68. The Hall–Kier alpha value is -1.24. The number of nitrogens with zero attached hydrogens (tertiary/aromatic N) is 1. The van der Waals surface area contributed by atoms with Crippen molar-refractivity contribution < 1.29 is 9.84 Å². The maximum Gasteiger partial charge on any atom is 0.181 e. The molecule has 2 atom stereocenters. The molecule has 0 saturated heterocycles. The first-order chi connectivity index (χ1) is 7.04. The molecule has 2 unspecified atom stereocenters. The van der Waals surface area contributed by atoms with E-state index in [0.29, 0.717) is 10.8 Å². The van der Waals surface area contributed by atoms with Gasteiger partial charge in [0.05, 0.1) is 11.1 Å². The molecule has 1 rings (SSSR count). The van der Waals surface area contributed by atoms with Crippen LogP contribution in [-0.2, 0) is 0 Å². The van der Waals surface area contributed by atoms with Gasteiger partial charge in [-0.15, -0.1) is 0 Å². The van der Waals surface area contributed by atoms with Crippen LogP contribution in [-0.4, -0.2) is 11.2 Å². The summed E-state index contributed by atoms with van der Waals surface area (Å²) in [5.74, 6) is 0.454. The van der Waals surface area contributed by atoms with E-state index < -0.39 is 12.2 Å². The van der Waals surface area contributed by atoms with Crippen molar-refractivity contribution in [2.24, 2.45) is 0 Å². The number of benzene rings is 1. The lowest BCUT2D eigenvalue weighted by molar-refractivity contribution is 0.199. The number of nitriles is 1. The van der Waals surface area contributed by atoms with Crippen LogP contribution in [0.4, 0.5) is 0 Å². The van der Waals surface area contributed by atoms with Gasteiger partial charge in [0.1, 0.15) is 11.8 Å². The van der Waals surface area contributed by atoms with E-state index in [4.69, 9.17) is 21.6 Å². The molecule has 1 aromatic carbocycles. The second-order valence-electron chi connectivity index (χ2n) is 3.26. The van der Waals surface area contributed by atoms with Crippen LogP contribution in [0.15, 0.2) is 18.2 Å². The molecule has 0 spiro atoms. The van der Waals surface area contributed by atoms with Crippen LogP contribution in [0.1, 0.15) is 25.5 Å². The minimum Gasteiger partial charge on any atom is -0.474 e. The second-order valence-corrected chi connectivity index (χ2v) is 3.66. The summed E-state index contributed by atoms with van der Waals surface area (Å²) < 4.78 is 5.25. The summed E-state index contributed by atoms with van der Waals surface area (Å²) in [6.07, 6.45) is -1.11. The summed E-state index contributed by atoms with van der Waals surface area (Å²) in [4.78, 5) is 0. The van der Waals surface area contributed by atoms with Gasteiger partial charge in [-0.25, -0.2) is 0 Å². The van der Waals surface area contributed by atoms with Crippen molar-refractivity contribution in [3.63, 3.8) is 0 Å². The van der Waals surface area contributed by atoms with E-state index in [1.54, 1.807) is 32.0 Å². The van der Waals surface area contributed by atoms with Gasteiger partial charge in [0, 0.05) is 0 Å². The fraction of sp³-hybridized carbons (Fsp3) is 0.364. The molecule has 0 aliphatic carbocycles. The quantitative estimate of drug-likeness (QED) is 0.861. The van der Waals surface area contributed by atoms with Gasteiger partial charge in [0.25, 0.3) is 0 Å². The number of rotatable bonds is 3. The van der Waals surface area contributed by atoms with Crippen molar-refractivity contribution >= 4 is 11.6 Å². The predicted molar refractivity (Wildman–Crippen MR) is 57.8 cm³/mol. The van der Waals surface area contributed by atoms with Crippen LogP contribution in [0.3, 0.4) is 0 Å². The number of halogens is 1. The molecule has 0 fully saturated rings. The van der Waals surface area contributed by atoms with E-state index in [1.165, 1.54) is 0 Å². The molecule has 0 aliphatic heterocycles. The summed E-state index contributed by atoms with van der Waals surface area (Å²) in [5.41, 5.74) is 0.719. The molecule has 1 N–H and O–H groups in total. The summed E-state index contributed by atoms with van der Waals surface area (Å²) in [5, 5.41) is 18.3. The largest absolute Gasteiger partial charge is 0.474 e. The highest BCUT2D eigenvalue weighted by Gasteiger charge is 2.08. The molecule has 3 nitrogen and oxygen atoms in total. The monoisotopic (exact) mass is 225 g/mol. The Balaban J connectivity index is 2.89. The van der Waals surface area contributed by atoms with Gasteiger partial charge >= 0.3 is 0 Å². The maximum atomic E-state index is 9.32. The third kappa shape index (κ3) is 3.12. The van der Waals surface area contributed by atoms with Crippen LogP contribution in [0.2, 0.25) is 5.02 Å². The molecule has 0 radical (unpaired) electrons. The molecule has 0 heterocycles. The Morgan fingerprint density at radius 2 is 2.13 bits per heavy atom. The molecular formula is C11H12ClNO2. The lowest BCUT2D eigenvalue weighted by atomic mass is 10.1. The van der Waals surface area contributed by atoms with Crippen molar-refractivity contribution in [1.82, 2.24) is 0 Å². The molecule has 15 heavy (non-hydrogen) atoms. The highest BCUT2D eigenvalue weighted by Crippen LogP contribution is 2.28. The molecule has 80 valence electrons. The average molecular weight is 226 g/mol. The van der Waals surface area contributed by atoms with Gasteiger partial charge < -0.3 is 9.84 Å². The van der Waals surface area contributed by atoms with E-state index in [0.717, 1.165) is 5.56 Å². The zero-order valence-electron chi connectivity index (χ0n) is 8.57. The van der Waals surface area contributed by atoms with Crippen molar-refractivity contribution in [2.75, 3.05) is 0 Å². The molecule has 0 saturated carbocycles. The van der Waals surface area contributed by atoms with Crippen LogP contribution in [0.5, 0.6) is 5.75 Å². The van der Waals surface area contributed by atoms with E-state index in [-0.39, 0.29) is 0 Å². The number of aliphatic hydroxyl groups is 1. The van der Waals surface area contributed by atoms with Crippen molar-refractivity contribution in [3.05, 3.63) is 28.8 Å². The number of hydrogen-bond acceptors (Lipinski definition) is 3. The smallest absolute Gasteiger partial charge is 0.181 e. The molecule has 0 aliphatic rings. The average Bonchev–Trinajstić information content (AvgIpc) is 2.20. The highest BCUT2D eigenvalue weighted by atomic mass is 35.5. The SMILES string of the molecule is CC(C#N)Oc1ccc(C(C)O)cc1Cl. The highest BCUT2D eigenvalue weighted by molar-refractivity contribution is 6.32. The van der Waals surface area contributed by atoms with Crippen LogP contribution in [0.25, 0.3) is 0 Å². The van der Waals surface area contributed by atoms with Crippen molar-refractivity contribution in [3.8, 4) is 11.8 Å². The summed E-state index contributed by atoms with van der Waals surface area (Å²) in [6.45, 7) is 3.29.